The molecule has 0 aromatic carbocycles. The topological polar surface area (TPSA) is 0 Å². The molecule has 0 bridgehead atoms. The Morgan fingerprint density at radius 1 is 0.347 bits per heavy atom. The predicted molar refractivity (Wildman–Crippen MR) is 329 cm³/mol. The molecular weight excluding hydrogens is 865 g/mol. The van der Waals surface area contributed by atoms with Gasteiger partial charge < -0.3 is 0 Å². The lowest BCUT2D eigenvalue weighted by Crippen LogP contribution is -2.20. The summed E-state index contributed by atoms with van der Waals surface area (Å²) in [7, 11) is 0. The Labute approximate surface area is 459 Å². The van der Waals surface area contributed by atoms with Crippen molar-refractivity contribution >= 4 is 0 Å². The van der Waals surface area contributed by atoms with Crippen LogP contribution in [0.15, 0.2) is 0 Å². The maximum Gasteiger partial charge on any atom is -0.0268 e. The predicted octanol–water partition coefficient (Wildman–Crippen LogP) is 24.8. The van der Waals surface area contributed by atoms with Crippen LogP contribution in [0.2, 0.25) is 0 Å². The molecule has 0 aromatic rings. The summed E-state index contributed by atoms with van der Waals surface area (Å²) in [4.78, 5) is 0. The van der Waals surface area contributed by atoms with Crippen LogP contribution < -0.4 is 0 Å². The highest BCUT2D eigenvalue weighted by Crippen LogP contribution is 2.70. The van der Waals surface area contributed by atoms with Crippen LogP contribution in [0.4, 0.5) is 0 Å². The number of hydrogen-bond donors (Lipinski definition) is 0. The van der Waals surface area contributed by atoms with Gasteiger partial charge in [-0.3, -0.25) is 0 Å². The Morgan fingerprint density at radius 2 is 0.639 bits per heavy atom. The molecule has 13 fully saturated rings. The van der Waals surface area contributed by atoms with Crippen molar-refractivity contribution in [3.63, 3.8) is 0 Å². The Morgan fingerprint density at radius 3 is 0.639 bits per heavy atom. The fourth-order valence-electron chi connectivity index (χ4n) is 10.8. The first-order chi connectivity index (χ1) is 33.3. The molecule has 9 atom stereocenters. The molecule has 0 aliphatic heterocycles. The van der Waals surface area contributed by atoms with Crippen LogP contribution in [0.3, 0.4) is 0 Å². The molecule has 0 radical (unpaired) electrons. The van der Waals surface area contributed by atoms with Gasteiger partial charge in [-0.2, -0.15) is 0 Å². The van der Waals surface area contributed by atoms with Gasteiger partial charge in [0, 0.05) is 0 Å². The van der Waals surface area contributed by atoms with Crippen LogP contribution in [0, 0.1) is 121 Å². The third kappa shape index (κ3) is 29.1. The fraction of sp³-hybridized carbons (Fsp3) is 1.00. The van der Waals surface area contributed by atoms with Gasteiger partial charge >= 0.3 is 0 Å². The van der Waals surface area contributed by atoms with Gasteiger partial charge in [-0.15, -0.1) is 0 Å². The van der Waals surface area contributed by atoms with Crippen molar-refractivity contribution in [2.75, 3.05) is 0 Å². The summed E-state index contributed by atoms with van der Waals surface area (Å²) in [6.07, 6.45) is 38.2. The van der Waals surface area contributed by atoms with Crippen molar-refractivity contribution in [1.82, 2.24) is 0 Å². The second kappa shape index (κ2) is 30.4. The van der Waals surface area contributed by atoms with E-state index in [1.165, 1.54) is 148 Å². The summed E-state index contributed by atoms with van der Waals surface area (Å²) in [6.45, 7) is 57.9. The molecule has 1 spiro atoms. The summed E-state index contributed by atoms with van der Waals surface area (Å²) in [6, 6.07) is 0. The van der Waals surface area contributed by atoms with Gasteiger partial charge in [0.25, 0.3) is 0 Å². The zero-order valence-corrected chi connectivity index (χ0v) is 55.0. The van der Waals surface area contributed by atoms with Crippen LogP contribution in [-0.2, 0) is 0 Å². The first kappa shape index (κ1) is 68.1. The normalized spacial score (nSPS) is 38.6. The molecule has 72 heavy (non-hydrogen) atoms. The second-order valence-corrected chi connectivity index (χ2v) is 32.3. The molecule has 0 saturated heterocycles. The Balaban J connectivity index is 0.000000269. The van der Waals surface area contributed by atoms with Crippen LogP contribution in [0.5, 0.6) is 0 Å². The molecule has 0 heterocycles. The van der Waals surface area contributed by atoms with Crippen molar-refractivity contribution in [3.05, 3.63) is 0 Å². The van der Waals surface area contributed by atoms with E-state index in [2.05, 4.69) is 173 Å². The zero-order valence-electron chi connectivity index (χ0n) is 55.0. The first-order valence-electron chi connectivity index (χ1n) is 33.3. The molecule has 13 aliphatic carbocycles. The van der Waals surface area contributed by atoms with Crippen molar-refractivity contribution in [1.29, 1.82) is 0 Å². The van der Waals surface area contributed by atoms with Gasteiger partial charge in [-0.05, 0) is 218 Å². The zero-order chi connectivity index (χ0) is 55.0. The Bertz CT molecular complexity index is 1240. The maximum absolute atomic E-state index is 2.37. The Hall–Kier alpha value is 0. The van der Waals surface area contributed by atoms with Gasteiger partial charge in [0.2, 0.25) is 0 Å². The maximum atomic E-state index is 2.37. The number of hydrogen-bond acceptors (Lipinski definition) is 0. The summed E-state index contributed by atoms with van der Waals surface area (Å²) in [5.41, 5.74) is 4.68. The van der Waals surface area contributed by atoms with Gasteiger partial charge in [0.1, 0.15) is 0 Å². The molecule has 0 heteroatoms. The first-order valence-corrected chi connectivity index (χ1v) is 33.3. The van der Waals surface area contributed by atoms with E-state index in [9.17, 15) is 0 Å². The highest BCUT2D eigenvalue weighted by molar-refractivity contribution is 5.10. The van der Waals surface area contributed by atoms with E-state index in [0.29, 0.717) is 10.8 Å². The highest BCUT2D eigenvalue weighted by Gasteiger charge is 2.59. The highest BCUT2D eigenvalue weighted by atomic mass is 14.6. The van der Waals surface area contributed by atoms with E-state index in [-0.39, 0.29) is 0 Å². The van der Waals surface area contributed by atoms with Crippen molar-refractivity contribution in [3.8, 4) is 0 Å². The molecule has 0 aromatic heterocycles. The molecule has 13 rings (SSSR count). The lowest BCUT2D eigenvalue weighted by molar-refractivity contribution is 0.190. The average molecular weight is 1010 g/mol. The molecule has 5 unspecified atom stereocenters. The van der Waals surface area contributed by atoms with Crippen molar-refractivity contribution < 1.29 is 0 Å². The lowest BCUT2D eigenvalue weighted by Gasteiger charge is -2.33. The van der Waals surface area contributed by atoms with Crippen LogP contribution >= 0.6 is 0 Å². The minimum Gasteiger partial charge on any atom is -0.0651 e. The molecule has 430 valence electrons. The molecular formula is C72H142. The molecule has 0 amide bonds. The van der Waals surface area contributed by atoms with Crippen molar-refractivity contribution in [2.24, 2.45) is 121 Å². The van der Waals surface area contributed by atoms with Gasteiger partial charge in [0.05, 0.1) is 0 Å². The summed E-state index contributed by atoms with van der Waals surface area (Å²) in [5.74, 6) is 15.8. The number of rotatable bonds is 5. The SMILES string of the molecule is CC1(C)CCC1.CC1C(C)C1C.CC1CC(C)C1.CC1CC1(C)C.CC1CC[C@H]1C.CCC1(C)CC1.CCC1(C)CC1.CCC1CC1C.CCC1CCC1.CCC1C[C@@H]1C.C[C@H]1CC1(C)C.C[C@H]1CC12CC2. The molecule has 13 saturated carbocycles. The van der Waals surface area contributed by atoms with Crippen LogP contribution in [-0.4, -0.2) is 0 Å². The minimum absolute atomic E-state index is 0.708. The Kier molecular flexibility index (Phi) is 28.7. The summed E-state index contributed by atoms with van der Waals surface area (Å²) in [5, 5.41) is 0. The minimum atomic E-state index is 0.708. The quantitative estimate of drug-likeness (QED) is 0.257. The molecule has 0 nitrogen and oxygen atoms in total. The fourth-order valence-corrected chi connectivity index (χ4v) is 10.8. The van der Waals surface area contributed by atoms with Crippen LogP contribution in [0.1, 0.15) is 340 Å². The van der Waals surface area contributed by atoms with E-state index in [4.69, 9.17) is 0 Å². The van der Waals surface area contributed by atoms with E-state index in [1.54, 1.807) is 19.3 Å². The molecule has 13 aliphatic rings. The van der Waals surface area contributed by atoms with Crippen molar-refractivity contribution in [2.45, 2.75) is 340 Å². The average Bonchev–Trinajstić information content (AvgIpc) is 4.12. The van der Waals surface area contributed by atoms with E-state index >= 15 is 0 Å². The molecule has 0 N–H and O–H groups in total. The van der Waals surface area contributed by atoms with E-state index < -0.39 is 0 Å². The third-order valence-corrected chi connectivity index (χ3v) is 23.5. The smallest absolute Gasteiger partial charge is 0.0268 e. The van der Waals surface area contributed by atoms with Gasteiger partial charge in [-0.1, -0.05) is 244 Å². The van der Waals surface area contributed by atoms with Gasteiger partial charge in [-0.25, -0.2) is 0 Å². The lowest BCUT2D eigenvalue weighted by atomic mass is 9.72. The van der Waals surface area contributed by atoms with E-state index in [1.807, 2.05) is 0 Å². The van der Waals surface area contributed by atoms with E-state index in [0.717, 1.165) is 110 Å². The monoisotopic (exact) mass is 1010 g/mol. The summed E-state index contributed by atoms with van der Waals surface area (Å²) < 4.78 is 0. The largest absolute Gasteiger partial charge is 0.0651 e. The van der Waals surface area contributed by atoms with Crippen LogP contribution in [0.25, 0.3) is 0 Å². The third-order valence-electron chi connectivity index (χ3n) is 23.5. The summed E-state index contributed by atoms with van der Waals surface area (Å²) >= 11 is 0. The second-order valence-electron chi connectivity index (χ2n) is 32.3. The van der Waals surface area contributed by atoms with Gasteiger partial charge in [0.15, 0.2) is 0 Å². The standard InChI is InChI=1S/C6H10.11C6H12/c1-5-4-6(5)2-3-6;2*1-5-4-6(5,2)3;1-5-3-6(2)4-5;1-6(2)4-3-5-6;1-5-3-4-6(5)2;1-4-5(2)6(4)3;2*1-3-6(2)4-5-6;2*1-3-6-4-5(6)2;1-2-6-4-3-5-6/h5H,2-4H2,1H3;2*5H,4H2,1-3H3;5-6H,3-4H2,1-2H3;3-5H2,1-2H3;5-6H,3-4H2,1-2H3;4-6H,1-3H3;2*3-5H2,1-2H3;2*5-6H,3-4H2,1-2H3;6H,2-5H2,1H3/t2*5-;;;;5-,6?;;;;5-,6?;;/m00...1...0../s1.